The molecule has 0 aliphatic carbocycles. The van der Waals surface area contributed by atoms with Crippen LogP contribution in [0.4, 0.5) is 0 Å². The van der Waals surface area contributed by atoms with Gasteiger partial charge in [-0.25, -0.2) is 0 Å². The first-order valence-electron chi connectivity index (χ1n) is 4.45. The third kappa shape index (κ3) is 2.05. The van der Waals surface area contributed by atoms with Gasteiger partial charge in [-0.1, -0.05) is 13.8 Å². The predicted octanol–water partition coefficient (Wildman–Crippen LogP) is 0.588. The van der Waals surface area contributed by atoms with Gasteiger partial charge in [-0.05, 0) is 6.42 Å². The molecule has 1 aliphatic heterocycles. The van der Waals surface area contributed by atoms with Crippen molar-refractivity contribution in [2.45, 2.75) is 32.4 Å². The first-order chi connectivity index (χ1) is 5.65. The Bertz CT molecular complexity index is 168. The van der Waals surface area contributed by atoms with Gasteiger partial charge in [0.15, 0.2) is 5.78 Å². The second-order valence-electron chi connectivity index (χ2n) is 3.61. The molecule has 3 nitrogen and oxygen atoms in total. The van der Waals surface area contributed by atoms with E-state index >= 15 is 0 Å². The molecule has 70 valence electrons. The molecule has 0 aromatic carbocycles. The minimum absolute atomic E-state index is 0.0231. The van der Waals surface area contributed by atoms with Crippen LogP contribution >= 0.6 is 0 Å². The van der Waals surface area contributed by atoms with E-state index in [1.165, 1.54) is 0 Å². The summed E-state index contributed by atoms with van der Waals surface area (Å²) in [4.78, 5) is 11.5. The largest absolute Gasteiger partial charge is 0.380 e. The van der Waals surface area contributed by atoms with Crippen molar-refractivity contribution in [3.05, 3.63) is 0 Å². The molecule has 0 spiro atoms. The zero-order valence-corrected chi connectivity index (χ0v) is 7.96. The molecule has 1 fully saturated rings. The summed E-state index contributed by atoms with van der Waals surface area (Å²) >= 11 is 0. The number of ether oxygens (including phenoxy) is 1. The minimum Gasteiger partial charge on any atom is -0.380 e. The van der Waals surface area contributed by atoms with E-state index in [1.54, 1.807) is 7.11 Å². The number of rotatable bonds is 3. The van der Waals surface area contributed by atoms with Gasteiger partial charge in [0.05, 0.1) is 12.1 Å². The second kappa shape index (κ2) is 4.01. The van der Waals surface area contributed by atoms with Crippen molar-refractivity contribution in [3.63, 3.8) is 0 Å². The molecule has 0 aromatic heterocycles. The molecule has 2 unspecified atom stereocenters. The van der Waals surface area contributed by atoms with E-state index in [1.807, 2.05) is 13.8 Å². The summed E-state index contributed by atoms with van der Waals surface area (Å²) in [6, 6.07) is 0.0231. The van der Waals surface area contributed by atoms with Crippen LogP contribution in [0.2, 0.25) is 0 Å². The fourth-order valence-corrected chi connectivity index (χ4v) is 1.50. The molecule has 2 atom stereocenters. The monoisotopic (exact) mass is 171 g/mol. The summed E-state index contributed by atoms with van der Waals surface area (Å²) in [6.45, 7) is 4.67. The molecular formula is C9H17NO2. The Labute approximate surface area is 73.5 Å². The van der Waals surface area contributed by atoms with Crippen LogP contribution in [0.15, 0.2) is 0 Å². The summed E-state index contributed by atoms with van der Waals surface area (Å²) in [5, 5.41) is 3.16. The van der Waals surface area contributed by atoms with Gasteiger partial charge in [0, 0.05) is 19.6 Å². The summed E-state index contributed by atoms with van der Waals surface area (Å²) in [6.07, 6.45) is 1.05. The molecule has 1 saturated heterocycles. The molecule has 1 aliphatic rings. The lowest BCUT2D eigenvalue weighted by Crippen LogP contribution is -2.33. The van der Waals surface area contributed by atoms with Crippen molar-refractivity contribution in [2.24, 2.45) is 5.92 Å². The maximum Gasteiger partial charge on any atom is 0.152 e. The van der Waals surface area contributed by atoms with E-state index in [0.717, 1.165) is 13.0 Å². The highest BCUT2D eigenvalue weighted by molar-refractivity contribution is 5.86. The molecule has 1 N–H and O–H groups in total. The Hall–Kier alpha value is -0.410. The van der Waals surface area contributed by atoms with Crippen LogP contribution < -0.4 is 5.32 Å². The van der Waals surface area contributed by atoms with E-state index in [2.05, 4.69) is 5.32 Å². The number of carbonyl (C=O) groups excluding carboxylic acids is 1. The highest BCUT2D eigenvalue weighted by Crippen LogP contribution is 2.13. The van der Waals surface area contributed by atoms with E-state index in [9.17, 15) is 4.79 Å². The van der Waals surface area contributed by atoms with Crippen LogP contribution in [-0.4, -0.2) is 31.6 Å². The fraction of sp³-hybridized carbons (Fsp3) is 0.889. The van der Waals surface area contributed by atoms with E-state index < -0.39 is 0 Å². The van der Waals surface area contributed by atoms with Gasteiger partial charge in [0.2, 0.25) is 0 Å². The van der Waals surface area contributed by atoms with Crippen LogP contribution in [0.5, 0.6) is 0 Å². The quantitative estimate of drug-likeness (QED) is 0.675. The highest BCUT2D eigenvalue weighted by atomic mass is 16.5. The van der Waals surface area contributed by atoms with Crippen molar-refractivity contribution in [1.82, 2.24) is 5.32 Å². The van der Waals surface area contributed by atoms with Crippen molar-refractivity contribution in [2.75, 3.05) is 13.7 Å². The van der Waals surface area contributed by atoms with Crippen LogP contribution in [0.1, 0.15) is 20.3 Å². The number of nitrogens with one attached hydrogen (secondary N) is 1. The number of hydrogen-bond acceptors (Lipinski definition) is 3. The zero-order valence-electron chi connectivity index (χ0n) is 7.96. The summed E-state index contributed by atoms with van der Waals surface area (Å²) in [7, 11) is 1.69. The van der Waals surface area contributed by atoms with Gasteiger partial charge in [0.25, 0.3) is 0 Å². The number of carbonyl (C=O) groups is 1. The molecule has 3 heteroatoms. The maximum absolute atomic E-state index is 11.5. The number of ketones is 1. The lowest BCUT2D eigenvalue weighted by Gasteiger charge is -2.11. The Kier molecular flexibility index (Phi) is 3.23. The SMILES string of the molecule is COC1CNC(C(=O)C(C)C)C1. The van der Waals surface area contributed by atoms with Crippen LogP contribution in [0, 0.1) is 5.92 Å². The molecule has 0 bridgehead atoms. The zero-order chi connectivity index (χ0) is 9.14. The molecule has 0 saturated carbocycles. The van der Waals surface area contributed by atoms with E-state index in [0.29, 0.717) is 5.78 Å². The normalized spacial score (nSPS) is 29.7. The van der Waals surface area contributed by atoms with Crippen molar-refractivity contribution >= 4 is 5.78 Å². The van der Waals surface area contributed by atoms with Crippen LogP contribution in [0.25, 0.3) is 0 Å². The molecule has 12 heavy (non-hydrogen) atoms. The Balaban J connectivity index is 2.41. The average Bonchev–Trinajstić information content (AvgIpc) is 2.50. The van der Waals surface area contributed by atoms with Gasteiger partial charge in [-0.3, -0.25) is 4.79 Å². The minimum atomic E-state index is 0.0231. The second-order valence-corrected chi connectivity index (χ2v) is 3.61. The van der Waals surface area contributed by atoms with Crippen molar-refractivity contribution < 1.29 is 9.53 Å². The number of hydrogen-bond donors (Lipinski definition) is 1. The van der Waals surface area contributed by atoms with Gasteiger partial charge in [0.1, 0.15) is 0 Å². The smallest absolute Gasteiger partial charge is 0.152 e. The summed E-state index contributed by atoms with van der Waals surface area (Å²) in [5.41, 5.74) is 0. The van der Waals surface area contributed by atoms with Crippen LogP contribution in [0.3, 0.4) is 0 Å². The summed E-state index contributed by atoms with van der Waals surface area (Å²) < 4.78 is 5.16. The van der Waals surface area contributed by atoms with E-state index in [4.69, 9.17) is 4.74 Å². The number of methoxy groups -OCH3 is 1. The third-order valence-electron chi connectivity index (χ3n) is 2.34. The van der Waals surface area contributed by atoms with E-state index in [-0.39, 0.29) is 18.1 Å². The van der Waals surface area contributed by atoms with Gasteiger partial charge in [-0.2, -0.15) is 0 Å². The standard InChI is InChI=1S/C9H17NO2/c1-6(2)9(11)8-4-7(12-3)5-10-8/h6-8,10H,4-5H2,1-3H3. The number of Topliss-reactive ketones (excluding diaryl/α,β-unsaturated/α-hetero) is 1. The topological polar surface area (TPSA) is 38.3 Å². The summed E-state index contributed by atoms with van der Waals surface area (Å²) in [5.74, 6) is 0.424. The lowest BCUT2D eigenvalue weighted by molar-refractivity contribution is -0.123. The first kappa shape index (κ1) is 9.68. The Morgan fingerprint density at radius 3 is 2.67 bits per heavy atom. The average molecular weight is 171 g/mol. The maximum atomic E-state index is 11.5. The van der Waals surface area contributed by atoms with Gasteiger partial charge >= 0.3 is 0 Å². The Morgan fingerprint density at radius 2 is 2.25 bits per heavy atom. The fourth-order valence-electron chi connectivity index (χ4n) is 1.50. The van der Waals surface area contributed by atoms with Crippen LogP contribution in [-0.2, 0) is 9.53 Å². The lowest BCUT2D eigenvalue weighted by atomic mass is 10.0. The molecular weight excluding hydrogens is 154 g/mol. The van der Waals surface area contributed by atoms with Crippen molar-refractivity contribution in [1.29, 1.82) is 0 Å². The molecule has 0 aromatic rings. The molecule has 0 radical (unpaired) electrons. The first-order valence-corrected chi connectivity index (χ1v) is 4.45. The molecule has 1 rings (SSSR count). The molecule has 0 amide bonds. The highest BCUT2D eigenvalue weighted by Gasteiger charge is 2.30. The van der Waals surface area contributed by atoms with Crippen molar-refractivity contribution in [3.8, 4) is 0 Å². The van der Waals surface area contributed by atoms with Gasteiger partial charge < -0.3 is 10.1 Å². The third-order valence-corrected chi connectivity index (χ3v) is 2.34. The van der Waals surface area contributed by atoms with Gasteiger partial charge in [-0.15, -0.1) is 0 Å². The predicted molar refractivity (Wildman–Crippen MR) is 47.0 cm³/mol. The molecule has 1 heterocycles. The Morgan fingerprint density at radius 1 is 1.58 bits per heavy atom.